The number of hydrogen-bond acceptors (Lipinski definition) is 4. The first kappa shape index (κ1) is 16.1. The molecule has 25 heavy (non-hydrogen) atoms. The second kappa shape index (κ2) is 7.25. The molecular weight excluding hydrogens is 348 g/mol. The van der Waals surface area contributed by atoms with E-state index in [4.69, 9.17) is 4.99 Å². The molecule has 1 amide bonds. The molecule has 1 aliphatic rings. The number of carbonyl (C=O) groups is 1. The quantitative estimate of drug-likeness (QED) is 0.602. The van der Waals surface area contributed by atoms with E-state index in [0.29, 0.717) is 6.42 Å². The zero-order valence-corrected chi connectivity index (χ0v) is 15.0. The average Bonchev–Trinajstić information content (AvgIpc) is 3.18. The SMILES string of the molecule is O=C1C[C@@H](c2cccs2)SC(=Nc2ccccc2)N1c1ccccc1. The number of amidine groups is 1. The first-order valence-electron chi connectivity index (χ1n) is 8.03. The maximum absolute atomic E-state index is 12.9. The Morgan fingerprint density at radius 3 is 2.32 bits per heavy atom. The lowest BCUT2D eigenvalue weighted by Gasteiger charge is -2.32. The molecule has 0 N–H and O–H groups in total. The van der Waals surface area contributed by atoms with Crippen LogP contribution in [0, 0.1) is 0 Å². The van der Waals surface area contributed by atoms with Gasteiger partial charge in [0.25, 0.3) is 0 Å². The summed E-state index contributed by atoms with van der Waals surface area (Å²) in [6.45, 7) is 0. The van der Waals surface area contributed by atoms with E-state index >= 15 is 0 Å². The first-order chi connectivity index (χ1) is 12.3. The fourth-order valence-electron chi connectivity index (χ4n) is 2.73. The number of rotatable bonds is 3. The molecule has 3 aromatic rings. The number of thiophene rings is 1. The second-order valence-corrected chi connectivity index (χ2v) is 7.77. The molecule has 1 atom stereocenters. The van der Waals surface area contributed by atoms with Gasteiger partial charge in [0.2, 0.25) is 5.91 Å². The number of anilines is 1. The Balaban J connectivity index is 1.75. The van der Waals surface area contributed by atoms with Crippen LogP contribution in [0.2, 0.25) is 0 Å². The number of nitrogens with zero attached hydrogens (tertiary/aromatic N) is 2. The lowest BCUT2D eigenvalue weighted by molar-refractivity contribution is -0.117. The predicted octanol–water partition coefficient (Wildman–Crippen LogP) is 5.65. The Bertz CT molecular complexity index is 877. The van der Waals surface area contributed by atoms with Gasteiger partial charge in [-0.05, 0) is 35.7 Å². The molecule has 1 aromatic heterocycles. The molecule has 0 radical (unpaired) electrons. The average molecular weight is 364 g/mol. The number of thioether (sulfide) groups is 1. The van der Waals surface area contributed by atoms with Gasteiger partial charge in [0.1, 0.15) is 0 Å². The minimum atomic E-state index is 0.0815. The van der Waals surface area contributed by atoms with Crippen molar-refractivity contribution >= 4 is 45.5 Å². The van der Waals surface area contributed by atoms with Crippen LogP contribution in [-0.2, 0) is 4.79 Å². The standard InChI is InChI=1S/C20H16N2OS2/c23-19-14-18(17-12-7-13-24-17)25-20(21-15-8-3-1-4-9-15)22(19)16-10-5-2-6-11-16/h1-13,18H,14H2/t18-/m0/s1. The van der Waals surface area contributed by atoms with Gasteiger partial charge in [-0.15, -0.1) is 11.3 Å². The normalized spacial score (nSPS) is 19.4. The van der Waals surface area contributed by atoms with Gasteiger partial charge in [0.15, 0.2) is 5.17 Å². The summed E-state index contributed by atoms with van der Waals surface area (Å²) in [6.07, 6.45) is 0.480. The lowest BCUT2D eigenvalue weighted by atomic mass is 10.2. The summed E-state index contributed by atoms with van der Waals surface area (Å²) in [7, 11) is 0. The van der Waals surface area contributed by atoms with E-state index in [1.807, 2.05) is 66.7 Å². The van der Waals surface area contributed by atoms with E-state index in [1.165, 1.54) is 4.88 Å². The van der Waals surface area contributed by atoms with E-state index < -0.39 is 0 Å². The van der Waals surface area contributed by atoms with Crippen molar-refractivity contribution in [1.29, 1.82) is 0 Å². The summed E-state index contributed by atoms with van der Waals surface area (Å²) >= 11 is 3.35. The zero-order valence-electron chi connectivity index (χ0n) is 13.4. The van der Waals surface area contributed by atoms with E-state index in [0.717, 1.165) is 16.5 Å². The third kappa shape index (κ3) is 3.52. The number of carbonyl (C=O) groups excluding carboxylic acids is 1. The van der Waals surface area contributed by atoms with Crippen LogP contribution in [0.5, 0.6) is 0 Å². The van der Waals surface area contributed by atoms with E-state index in [-0.39, 0.29) is 11.2 Å². The van der Waals surface area contributed by atoms with Crippen molar-refractivity contribution in [1.82, 2.24) is 0 Å². The molecule has 2 heterocycles. The van der Waals surface area contributed by atoms with Crippen molar-refractivity contribution in [3.8, 4) is 0 Å². The van der Waals surface area contributed by atoms with Crippen LogP contribution >= 0.6 is 23.1 Å². The summed E-state index contributed by atoms with van der Waals surface area (Å²) < 4.78 is 0. The zero-order chi connectivity index (χ0) is 17.1. The minimum absolute atomic E-state index is 0.0815. The summed E-state index contributed by atoms with van der Waals surface area (Å²) in [5.41, 5.74) is 1.71. The number of para-hydroxylation sites is 2. The highest BCUT2D eigenvalue weighted by atomic mass is 32.2. The van der Waals surface area contributed by atoms with Crippen molar-refractivity contribution in [2.45, 2.75) is 11.7 Å². The Morgan fingerprint density at radius 1 is 0.920 bits per heavy atom. The number of benzene rings is 2. The summed E-state index contributed by atoms with van der Waals surface area (Å²) in [5.74, 6) is 0.0815. The van der Waals surface area contributed by atoms with Gasteiger partial charge >= 0.3 is 0 Å². The summed E-state index contributed by atoms with van der Waals surface area (Å²) in [4.78, 5) is 20.7. The second-order valence-electron chi connectivity index (χ2n) is 5.62. The third-order valence-corrected chi connectivity index (χ3v) is 6.23. The molecule has 5 heteroatoms. The van der Waals surface area contributed by atoms with Crippen LogP contribution in [-0.4, -0.2) is 11.1 Å². The summed E-state index contributed by atoms with van der Waals surface area (Å²) in [6, 6.07) is 23.6. The van der Waals surface area contributed by atoms with Crippen LogP contribution < -0.4 is 4.90 Å². The van der Waals surface area contributed by atoms with Crippen LogP contribution in [0.4, 0.5) is 11.4 Å². The molecular formula is C20H16N2OS2. The van der Waals surface area contributed by atoms with Crippen LogP contribution in [0.1, 0.15) is 16.5 Å². The molecule has 0 saturated carbocycles. The number of aliphatic imine (C=N–C) groups is 1. The van der Waals surface area contributed by atoms with Gasteiger partial charge in [-0.1, -0.05) is 54.2 Å². The molecule has 1 aliphatic heterocycles. The summed E-state index contributed by atoms with van der Waals surface area (Å²) in [5, 5.41) is 2.90. The van der Waals surface area contributed by atoms with Crippen molar-refractivity contribution in [3.63, 3.8) is 0 Å². The van der Waals surface area contributed by atoms with E-state index in [2.05, 4.69) is 11.4 Å². The van der Waals surface area contributed by atoms with Gasteiger partial charge < -0.3 is 0 Å². The third-order valence-electron chi connectivity index (χ3n) is 3.90. The number of hydrogen-bond donors (Lipinski definition) is 0. The molecule has 0 aliphatic carbocycles. The van der Waals surface area contributed by atoms with Crippen LogP contribution in [0.25, 0.3) is 0 Å². The highest BCUT2D eigenvalue weighted by Crippen LogP contribution is 2.42. The molecule has 0 bridgehead atoms. The van der Waals surface area contributed by atoms with Crippen LogP contribution in [0.3, 0.4) is 0 Å². The molecule has 0 unspecified atom stereocenters. The Kier molecular flexibility index (Phi) is 4.68. The highest BCUT2D eigenvalue weighted by Gasteiger charge is 2.34. The Hall–Kier alpha value is -2.37. The van der Waals surface area contributed by atoms with Gasteiger partial charge in [0.05, 0.1) is 16.6 Å². The van der Waals surface area contributed by atoms with Gasteiger partial charge in [0, 0.05) is 11.3 Å². The molecule has 124 valence electrons. The smallest absolute Gasteiger partial charge is 0.234 e. The highest BCUT2D eigenvalue weighted by molar-refractivity contribution is 8.14. The molecule has 4 rings (SSSR count). The Morgan fingerprint density at radius 2 is 1.64 bits per heavy atom. The predicted molar refractivity (Wildman–Crippen MR) is 107 cm³/mol. The van der Waals surface area contributed by atoms with Crippen molar-refractivity contribution in [2.75, 3.05) is 4.90 Å². The van der Waals surface area contributed by atoms with Crippen molar-refractivity contribution in [3.05, 3.63) is 83.1 Å². The molecule has 3 nitrogen and oxygen atoms in total. The van der Waals surface area contributed by atoms with Gasteiger partial charge in [-0.25, -0.2) is 4.99 Å². The fourth-order valence-corrected chi connectivity index (χ4v) is 4.90. The minimum Gasteiger partial charge on any atom is -0.274 e. The molecule has 0 spiro atoms. The maximum atomic E-state index is 12.9. The number of amides is 1. The molecule has 2 aromatic carbocycles. The van der Waals surface area contributed by atoms with Gasteiger partial charge in [-0.2, -0.15) is 0 Å². The van der Waals surface area contributed by atoms with Crippen molar-refractivity contribution in [2.24, 2.45) is 4.99 Å². The van der Waals surface area contributed by atoms with Crippen LogP contribution in [0.15, 0.2) is 83.2 Å². The van der Waals surface area contributed by atoms with Gasteiger partial charge in [-0.3, -0.25) is 9.69 Å². The maximum Gasteiger partial charge on any atom is 0.234 e. The fraction of sp³-hybridized carbons (Fsp3) is 0.100. The van der Waals surface area contributed by atoms with E-state index in [1.54, 1.807) is 28.0 Å². The largest absolute Gasteiger partial charge is 0.274 e. The lowest BCUT2D eigenvalue weighted by Crippen LogP contribution is -2.40. The molecule has 1 saturated heterocycles. The Labute approximate surface area is 155 Å². The first-order valence-corrected chi connectivity index (χ1v) is 9.79. The monoisotopic (exact) mass is 364 g/mol. The molecule has 1 fully saturated rings. The van der Waals surface area contributed by atoms with Crippen molar-refractivity contribution < 1.29 is 4.79 Å². The van der Waals surface area contributed by atoms with E-state index in [9.17, 15) is 4.79 Å². The topological polar surface area (TPSA) is 32.7 Å².